The van der Waals surface area contributed by atoms with Crippen LogP contribution in [0.5, 0.6) is 0 Å². The topological polar surface area (TPSA) is 69.2 Å². The molecule has 5 rings (SSSR count). The Morgan fingerprint density at radius 3 is 2.71 bits per heavy atom. The Labute approximate surface area is 136 Å². The van der Waals surface area contributed by atoms with Gasteiger partial charge >= 0.3 is 0 Å². The number of benzene rings is 3. The van der Waals surface area contributed by atoms with Gasteiger partial charge in [-0.1, -0.05) is 24.3 Å². The van der Waals surface area contributed by atoms with Crippen LogP contribution in [0, 0.1) is 10.1 Å². The van der Waals surface area contributed by atoms with E-state index in [-0.39, 0.29) is 5.69 Å². The summed E-state index contributed by atoms with van der Waals surface area (Å²) in [6.45, 7) is 0. The van der Waals surface area contributed by atoms with Gasteiger partial charge in [-0.3, -0.25) is 10.1 Å². The molecule has 1 aliphatic carbocycles. The van der Waals surface area contributed by atoms with Crippen LogP contribution in [0.2, 0.25) is 0 Å². The standard InChI is InChI=1S/C19H12N2O3/c22-21(23)13-7-9-17-16(10-13)20-19(24-17)15-8-6-12-5-4-11-2-1-3-14(15)18(11)12/h1-3,6-10H,4-5H2. The Morgan fingerprint density at radius 1 is 1.04 bits per heavy atom. The fourth-order valence-electron chi connectivity index (χ4n) is 3.58. The summed E-state index contributed by atoms with van der Waals surface area (Å²) < 4.78 is 5.86. The largest absolute Gasteiger partial charge is 0.436 e. The second-order valence-electron chi connectivity index (χ2n) is 6.04. The Bertz CT molecular complexity index is 1130. The highest BCUT2D eigenvalue weighted by atomic mass is 16.6. The molecule has 116 valence electrons. The van der Waals surface area contributed by atoms with Crippen LogP contribution in [0.25, 0.3) is 33.3 Å². The lowest BCUT2D eigenvalue weighted by atomic mass is 10.00. The van der Waals surface area contributed by atoms with E-state index < -0.39 is 4.92 Å². The van der Waals surface area contributed by atoms with Crippen LogP contribution in [0.4, 0.5) is 5.69 Å². The molecule has 0 amide bonds. The van der Waals surface area contributed by atoms with Crippen molar-refractivity contribution >= 4 is 27.6 Å². The van der Waals surface area contributed by atoms with Gasteiger partial charge in [0.1, 0.15) is 5.52 Å². The minimum atomic E-state index is -0.424. The molecule has 1 heterocycles. The predicted octanol–water partition coefficient (Wildman–Crippen LogP) is 4.65. The molecule has 4 aromatic rings. The van der Waals surface area contributed by atoms with Gasteiger partial charge in [0.2, 0.25) is 5.89 Å². The minimum Gasteiger partial charge on any atom is -0.436 e. The lowest BCUT2D eigenvalue weighted by Crippen LogP contribution is -1.86. The first kappa shape index (κ1) is 13.2. The summed E-state index contributed by atoms with van der Waals surface area (Å²) in [6.07, 6.45) is 2.13. The molecule has 5 nitrogen and oxygen atoms in total. The number of rotatable bonds is 2. The highest BCUT2D eigenvalue weighted by molar-refractivity contribution is 6.00. The molecule has 0 atom stereocenters. The second-order valence-corrected chi connectivity index (χ2v) is 6.04. The molecule has 0 spiro atoms. The number of oxazole rings is 1. The van der Waals surface area contributed by atoms with Crippen LogP contribution >= 0.6 is 0 Å². The van der Waals surface area contributed by atoms with Gasteiger partial charge in [0.05, 0.1) is 4.92 Å². The van der Waals surface area contributed by atoms with Crippen LogP contribution < -0.4 is 0 Å². The fraction of sp³-hybridized carbons (Fsp3) is 0.105. The van der Waals surface area contributed by atoms with Crippen molar-refractivity contribution in [3.05, 3.63) is 69.8 Å². The van der Waals surface area contributed by atoms with Gasteiger partial charge in [-0.05, 0) is 46.9 Å². The number of hydrogen-bond acceptors (Lipinski definition) is 4. The van der Waals surface area contributed by atoms with Crippen LogP contribution in [0.3, 0.4) is 0 Å². The fourth-order valence-corrected chi connectivity index (χ4v) is 3.58. The molecular weight excluding hydrogens is 304 g/mol. The van der Waals surface area contributed by atoms with Crippen molar-refractivity contribution in [2.75, 3.05) is 0 Å². The number of nitro groups is 1. The molecule has 0 bridgehead atoms. The average molecular weight is 316 g/mol. The maximum absolute atomic E-state index is 10.9. The van der Waals surface area contributed by atoms with Crippen molar-refractivity contribution in [1.29, 1.82) is 0 Å². The minimum absolute atomic E-state index is 0.0164. The first-order valence-electron chi connectivity index (χ1n) is 7.79. The van der Waals surface area contributed by atoms with E-state index in [4.69, 9.17) is 4.42 Å². The summed E-state index contributed by atoms with van der Waals surface area (Å²) >= 11 is 0. The molecule has 1 aliphatic rings. The third-order valence-corrected chi connectivity index (χ3v) is 4.69. The van der Waals surface area contributed by atoms with E-state index in [0.29, 0.717) is 17.0 Å². The molecule has 24 heavy (non-hydrogen) atoms. The van der Waals surface area contributed by atoms with Gasteiger partial charge in [0, 0.05) is 17.7 Å². The Kier molecular flexibility index (Phi) is 2.56. The normalized spacial score (nSPS) is 13.0. The van der Waals surface area contributed by atoms with Gasteiger partial charge in [-0.2, -0.15) is 0 Å². The average Bonchev–Trinajstić information content (AvgIpc) is 3.20. The number of aryl methyl sites for hydroxylation is 2. The van der Waals surface area contributed by atoms with E-state index in [1.54, 1.807) is 6.07 Å². The first-order valence-corrected chi connectivity index (χ1v) is 7.79. The Morgan fingerprint density at radius 2 is 1.88 bits per heavy atom. The smallest absolute Gasteiger partial charge is 0.271 e. The van der Waals surface area contributed by atoms with E-state index in [2.05, 4.69) is 29.2 Å². The summed E-state index contributed by atoms with van der Waals surface area (Å²) in [6, 6.07) is 15.0. The monoisotopic (exact) mass is 316 g/mol. The maximum Gasteiger partial charge on any atom is 0.271 e. The molecule has 0 radical (unpaired) electrons. The second kappa shape index (κ2) is 4.64. The SMILES string of the molecule is O=[N+]([O-])c1ccc2oc(-c3ccc4c5c(cccc35)CC4)nc2c1. The number of hydrogen-bond donors (Lipinski definition) is 0. The van der Waals surface area contributed by atoms with Crippen LogP contribution in [0.15, 0.2) is 52.9 Å². The molecule has 0 fully saturated rings. The highest BCUT2D eigenvalue weighted by Gasteiger charge is 2.19. The van der Waals surface area contributed by atoms with E-state index in [1.165, 1.54) is 28.6 Å². The molecule has 0 unspecified atom stereocenters. The molecule has 0 saturated heterocycles. The lowest BCUT2D eigenvalue weighted by molar-refractivity contribution is -0.384. The van der Waals surface area contributed by atoms with Gasteiger partial charge in [-0.25, -0.2) is 4.98 Å². The van der Waals surface area contributed by atoms with Crippen molar-refractivity contribution < 1.29 is 9.34 Å². The van der Waals surface area contributed by atoms with Gasteiger partial charge in [0.15, 0.2) is 5.58 Å². The number of nitro benzene ring substituents is 1. The van der Waals surface area contributed by atoms with Crippen LogP contribution in [-0.2, 0) is 12.8 Å². The highest BCUT2D eigenvalue weighted by Crippen LogP contribution is 2.37. The molecule has 0 saturated carbocycles. The Hall–Kier alpha value is -3.21. The number of aromatic nitrogens is 1. The zero-order valence-corrected chi connectivity index (χ0v) is 12.7. The van der Waals surface area contributed by atoms with Crippen LogP contribution in [-0.4, -0.2) is 9.91 Å². The summed E-state index contributed by atoms with van der Waals surface area (Å²) in [4.78, 5) is 15.0. The lowest BCUT2D eigenvalue weighted by Gasteiger charge is -2.05. The summed E-state index contributed by atoms with van der Waals surface area (Å²) in [5.74, 6) is 0.501. The number of non-ortho nitro benzene ring substituents is 1. The molecule has 3 aromatic carbocycles. The summed E-state index contributed by atoms with van der Waals surface area (Å²) in [5, 5.41) is 13.3. The van der Waals surface area contributed by atoms with E-state index in [1.807, 2.05) is 6.07 Å². The summed E-state index contributed by atoms with van der Waals surface area (Å²) in [7, 11) is 0. The molecular formula is C19H12N2O3. The van der Waals surface area contributed by atoms with Crippen molar-refractivity contribution in [3.8, 4) is 11.5 Å². The Balaban J connectivity index is 1.76. The van der Waals surface area contributed by atoms with Gasteiger partial charge in [0.25, 0.3) is 5.69 Å². The van der Waals surface area contributed by atoms with Gasteiger partial charge < -0.3 is 4.42 Å². The van der Waals surface area contributed by atoms with Crippen molar-refractivity contribution in [2.24, 2.45) is 0 Å². The zero-order chi connectivity index (χ0) is 16.3. The van der Waals surface area contributed by atoms with Crippen LogP contribution in [0.1, 0.15) is 11.1 Å². The van der Waals surface area contributed by atoms with E-state index in [9.17, 15) is 10.1 Å². The van der Waals surface area contributed by atoms with E-state index >= 15 is 0 Å². The molecule has 5 heteroatoms. The third-order valence-electron chi connectivity index (χ3n) is 4.69. The third kappa shape index (κ3) is 1.78. The van der Waals surface area contributed by atoms with Crippen molar-refractivity contribution in [3.63, 3.8) is 0 Å². The summed E-state index contributed by atoms with van der Waals surface area (Å²) in [5.41, 5.74) is 4.72. The van der Waals surface area contributed by atoms with Gasteiger partial charge in [-0.15, -0.1) is 0 Å². The van der Waals surface area contributed by atoms with E-state index in [0.717, 1.165) is 23.8 Å². The zero-order valence-electron chi connectivity index (χ0n) is 12.7. The van der Waals surface area contributed by atoms with Crippen molar-refractivity contribution in [2.45, 2.75) is 12.8 Å². The molecule has 0 aliphatic heterocycles. The number of nitrogens with zero attached hydrogens (tertiary/aromatic N) is 2. The number of fused-ring (bicyclic) bond motifs is 1. The quantitative estimate of drug-likeness (QED) is 0.398. The molecule has 1 aromatic heterocycles. The predicted molar refractivity (Wildman–Crippen MR) is 91.0 cm³/mol. The van der Waals surface area contributed by atoms with Crippen molar-refractivity contribution in [1.82, 2.24) is 4.98 Å². The molecule has 0 N–H and O–H groups in total. The first-order chi connectivity index (χ1) is 11.7. The maximum atomic E-state index is 10.9.